The molecule has 3 N–H and O–H groups in total. The van der Waals surface area contributed by atoms with Crippen molar-refractivity contribution in [1.29, 1.82) is 0 Å². The van der Waals surface area contributed by atoms with E-state index in [2.05, 4.69) is 36.3 Å². The van der Waals surface area contributed by atoms with Crippen molar-refractivity contribution in [1.82, 2.24) is 10.3 Å². The molecule has 164 valence electrons. The van der Waals surface area contributed by atoms with E-state index in [9.17, 15) is 15.0 Å². The van der Waals surface area contributed by atoms with E-state index >= 15 is 0 Å². The van der Waals surface area contributed by atoms with Gasteiger partial charge < -0.3 is 19.9 Å². The van der Waals surface area contributed by atoms with E-state index in [0.29, 0.717) is 24.7 Å². The number of rotatable bonds is 9. The molecule has 3 aromatic rings. The second-order valence-electron chi connectivity index (χ2n) is 8.29. The largest absolute Gasteiger partial charge is 0.444 e. The van der Waals surface area contributed by atoms with Crippen LogP contribution in [0, 0.1) is 0 Å². The fraction of sp³-hybridized carbons (Fsp3) is 0.360. The van der Waals surface area contributed by atoms with E-state index in [0.717, 1.165) is 22.4 Å². The molecular weight excluding hydrogens is 392 g/mol. The summed E-state index contributed by atoms with van der Waals surface area (Å²) in [5.41, 5.74) is 3.93. The number of aromatic nitrogens is 1. The van der Waals surface area contributed by atoms with Crippen LogP contribution >= 0.6 is 0 Å². The van der Waals surface area contributed by atoms with Gasteiger partial charge in [-0.05, 0) is 42.0 Å². The molecule has 0 bridgehead atoms. The van der Waals surface area contributed by atoms with Crippen LogP contribution in [0.1, 0.15) is 44.2 Å². The van der Waals surface area contributed by atoms with E-state index in [4.69, 9.17) is 4.42 Å². The summed E-state index contributed by atoms with van der Waals surface area (Å²) >= 11 is 0. The van der Waals surface area contributed by atoms with E-state index < -0.39 is 5.54 Å². The smallest absolute Gasteiger partial charge is 0.226 e. The first-order valence-electron chi connectivity index (χ1n) is 10.5. The van der Waals surface area contributed by atoms with Crippen molar-refractivity contribution in [3.05, 3.63) is 65.9 Å². The van der Waals surface area contributed by atoms with Crippen LogP contribution in [-0.4, -0.2) is 39.9 Å². The summed E-state index contributed by atoms with van der Waals surface area (Å²) in [5.74, 6) is 0.783. The molecule has 0 saturated heterocycles. The van der Waals surface area contributed by atoms with Gasteiger partial charge in [-0.1, -0.05) is 50.2 Å². The number of nitrogens with zero attached hydrogens (tertiary/aromatic N) is 1. The van der Waals surface area contributed by atoms with Gasteiger partial charge in [-0.25, -0.2) is 4.98 Å². The first kappa shape index (κ1) is 22.7. The summed E-state index contributed by atoms with van der Waals surface area (Å²) in [5, 5.41) is 21.9. The lowest BCUT2D eigenvalue weighted by Gasteiger charge is -2.30. The van der Waals surface area contributed by atoms with Gasteiger partial charge in [0.2, 0.25) is 11.8 Å². The van der Waals surface area contributed by atoms with E-state index in [1.54, 1.807) is 6.26 Å². The van der Waals surface area contributed by atoms with Crippen molar-refractivity contribution >= 4 is 5.91 Å². The average Bonchev–Trinajstić information content (AvgIpc) is 3.27. The summed E-state index contributed by atoms with van der Waals surface area (Å²) in [7, 11) is 0. The fourth-order valence-electron chi connectivity index (χ4n) is 3.50. The molecule has 1 heterocycles. The minimum Gasteiger partial charge on any atom is -0.444 e. The Morgan fingerprint density at radius 1 is 1.03 bits per heavy atom. The standard InChI is InChI=1S/C25H30N2O4/c1-17(2)20-8-10-22(11-9-20)24-26-23(14-31-24)21-6-4-19(5-7-21)12-13-25(15-28,16-29)27-18(3)30/h4-11,14,17,28-29H,12-13,15-16H2,1-3H3,(H,27,30). The van der Waals surface area contributed by atoms with Crippen LogP contribution in [0.3, 0.4) is 0 Å². The maximum atomic E-state index is 11.4. The topological polar surface area (TPSA) is 95.6 Å². The van der Waals surface area contributed by atoms with Gasteiger partial charge in [-0.2, -0.15) is 0 Å². The minimum absolute atomic E-state index is 0.279. The normalized spacial score (nSPS) is 11.7. The molecule has 31 heavy (non-hydrogen) atoms. The summed E-state index contributed by atoms with van der Waals surface area (Å²) in [4.78, 5) is 16.0. The molecule has 0 saturated carbocycles. The Kier molecular flexibility index (Phi) is 7.25. The lowest BCUT2D eigenvalue weighted by Crippen LogP contribution is -2.53. The van der Waals surface area contributed by atoms with Crippen LogP contribution in [0.2, 0.25) is 0 Å². The zero-order valence-corrected chi connectivity index (χ0v) is 18.3. The molecule has 0 unspecified atom stereocenters. The number of aryl methyl sites for hydroxylation is 1. The van der Waals surface area contributed by atoms with Crippen molar-refractivity contribution in [2.24, 2.45) is 0 Å². The summed E-state index contributed by atoms with van der Waals surface area (Å²) in [6, 6.07) is 16.1. The number of amides is 1. The first-order chi connectivity index (χ1) is 14.9. The zero-order chi connectivity index (χ0) is 22.4. The van der Waals surface area contributed by atoms with Crippen LogP contribution in [0.25, 0.3) is 22.7 Å². The van der Waals surface area contributed by atoms with E-state index in [1.165, 1.54) is 12.5 Å². The number of carbonyl (C=O) groups excluding carboxylic acids is 1. The summed E-state index contributed by atoms with van der Waals surface area (Å²) in [6.45, 7) is 5.06. The third-order valence-electron chi connectivity index (χ3n) is 5.52. The summed E-state index contributed by atoms with van der Waals surface area (Å²) < 4.78 is 5.69. The molecule has 2 aromatic carbocycles. The highest BCUT2D eigenvalue weighted by molar-refractivity contribution is 5.73. The number of benzene rings is 2. The van der Waals surface area contributed by atoms with Gasteiger partial charge in [0.05, 0.1) is 18.8 Å². The lowest BCUT2D eigenvalue weighted by molar-refractivity contribution is -0.122. The molecule has 1 amide bonds. The van der Waals surface area contributed by atoms with E-state index in [1.807, 2.05) is 36.4 Å². The Morgan fingerprint density at radius 3 is 2.19 bits per heavy atom. The Morgan fingerprint density at radius 2 is 1.65 bits per heavy atom. The SMILES string of the molecule is CC(=O)NC(CO)(CO)CCc1ccc(-c2coc(-c3ccc(C(C)C)cc3)n2)cc1. The average molecular weight is 423 g/mol. The van der Waals surface area contributed by atoms with Gasteiger partial charge >= 0.3 is 0 Å². The first-order valence-corrected chi connectivity index (χ1v) is 10.5. The van der Waals surface area contributed by atoms with Crippen molar-refractivity contribution in [2.45, 2.75) is 45.1 Å². The molecule has 0 fully saturated rings. The molecule has 0 radical (unpaired) electrons. The monoisotopic (exact) mass is 422 g/mol. The Labute approximate surface area is 183 Å². The predicted octanol–water partition coefficient (Wildman–Crippen LogP) is 3.92. The molecule has 6 heteroatoms. The fourth-order valence-corrected chi connectivity index (χ4v) is 3.50. The zero-order valence-electron chi connectivity index (χ0n) is 18.3. The third kappa shape index (κ3) is 5.60. The number of carbonyl (C=O) groups is 1. The Balaban J connectivity index is 1.68. The number of hydrogen-bond acceptors (Lipinski definition) is 5. The highest BCUT2D eigenvalue weighted by Crippen LogP contribution is 2.26. The summed E-state index contributed by atoms with van der Waals surface area (Å²) in [6.07, 6.45) is 2.69. The van der Waals surface area contributed by atoms with Crippen LogP contribution in [0.4, 0.5) is 0 Å². The van der Waals surface area contributed by atoms with Crippen molar-refractivity contribution in [3.8, 4) is 22.7 Å². The maximum Gasteiger partial charge on any atom is 0.226 e. The molecule has 1 aromatic heterocycles. The highest BCUT2D eigenvalue weighted by Gasteiger charge is 2.29. The van der Waals surface area contributed by atoms with Gasteiger partial charge in [0.25, 0.3) is 0 Å². The lowest BCUT2D eigenvalue weighted by atomic mass is 9.92. The molecule has 0 aliphatic carbocycles. The second-order valence-corrected chi connectivity index (χ2v) is 8.29. The van der Waals surface area contributed by atoms with Crippen molar-refractivity contribution < 1.29 is 19.4 Å². The second kappa shape index (κ2) is 9.90. The number of aliphatic hydroxyl groups is 2. The highest BCUT2D eigenvalue weighted by atomic mass is 16.3. The molecule has 0 aliphatic heterocycles. The van der Waals surface area contributed by atoms with Gasteiger partial charge in [-0.3, -0.25) is 4.79 Å². The van der Waals surface area contributed by atoms with Gasteiger partial charge in [-0.15, -0.1) is 0 Å². The van der Waals surface area contributed by atoms with Gasteiger partial charge in [0.1, 0.15) is 12.0 Å². The molecular formula is C25H30N2O4. The number of aliphatic hydroxyl groups excluding tert-OH is 2. The molecule has 0 atom stereocenters. The van der Waals surface area contributed by atoms with Crippen LogP contribution in [0.15, 0.2) is 59.2 Å². The number of nitrogens with one attached hydrogen (secondary N) is 1. The molecule has 0 aliphatic rings. The van der Waals surface area contributed by atoms with Crippen LogP contribution in [-0.2, 0) is 11.2 Å². The molecule has 0 spiro atoms. The molecule has 3 rings (SSSR count). The predicted molar refractivity (Wildman–Crippen MR) is 121 cm³/mol. The van der Waals surface area contributed by atoms with Crippen LogP contribution < -0.4 is 5.32 Å². The number of oxazole rings is 1. The third-order valence-corrected chi connectivity index (χ3v) is 5.52. The maximum absolute atomic E-state index is 11.4. The minimum atomic E-state index is -1.02. The molecule has 6 nitrogen and oxygen atoms in total. The quantitative estimate of drug-likeness (QED) is 0.486. The van der Waals surface area contributed by atoms with Gasteiger partial charge in [0, 0.05) is 18.1 Å². The Hall–Kier alpha value is -2.96. The van der Waals surface area contributed by atoms with E-state index in [-0.39, 0.29) is 19.1 Å². The van der Waals surface area contributed by atoms with Crippen LogP contribution in [0.5, 0.6) is 0 Å². The van der Waals surface area contributed by atoms with Gasteiger partial charge in [0.15, 0.2) is 0 Å². The number of hydrogen-bond donors (Lipinski definition) is 3. The Bertz CT molecular complexity index is 987. The van der Waals surface area contributed by atoms with Crippen molar-refractivity contribution in [3.63, 3.8) is 0 Å². The van der Waals surface area contributed by atoms with Crippen molar-refractivity contribution in [2.75, 3.05) is 13.2 Å².